The zero-order valence-corrected chi connectivity index (χ0v) is 38.1. The molecule has 3 heterocycles. The van der Waals surface area contributed by atoms with Gasteiger partial charge in [-0.05, 0) is 130 Å². The molecule has 4 atom stereocenters. The van der Waals surface area contributed by atoms with Crippen LogP contribution in [0.15, 0.2) is 109 Å². The molecule has 5 aromatic rings. The van der Waals surface area contributed by atoms with Crippen LogP contribution >= 0.6 is 0 Å². The molecule has 2 aliphatic rings. The monoisotopic (exact) mass is 851 g/mol. The third kappa shape index (κ3) is 11.0. The molecule has 63 heavy (non-hydrogen) atoms. The quantitative estimate of drug-likeness (QED) is 0.0911. The van der Waals surface area contributed by atoms with E-state index in [0.29, 0.717) is 43.5 Å². The van der Waals surface area contributed by atoms with Crippen LogP contribution in [0.2, 0.25) is 0 Å². The summed E-state index contributed by atoms with van der Waals surface area (Å²) in [5, 5.41) is 4.09. The van der Waals surface area contributed by atoms with Crippen LogP contribution in [0.1, 0.15) is 95.0 Å². The van der Waals surface area contributed by atoms with E-state index in [0.717, 1.165) is 77.6 Å². The molecule has 0 bridgehead atoms. The van der Waals surface area contributed by atoms with E-state index in [2.05, 4.69) is 59.9 Å². The van der Waals surface area contributed by atoms with Gasteiger partial charge in [0, 0.05) is 41.8 Å². The molecule has 0 spiro atoms. The van der Waals surface area contributed by atoms with Crippen molar-refractivity contribution in [1.82, 2.24) is 24.6 Å². The Morgan fingerprint density at radius 3 is 1.73 bits per heavy atom. The SMILES string of the molecule is CC(C)CCN(C)[C@@H](C(=O)N1CCC[C@H]1C(=O)Cc1ccc2[nH]c(-c3ccc(NC(=O)[C@@H]4CCCN4C(=O)[C@@H](c4ccccc4)N(C)CCC(C)C)cc3)cc2c1)c1ccccc1. The van der Waals surface area contributed by atoms with Gasteiger partial charge in [-0.25, -0.2) is 0 Å². The van der Waals surface area contributed by atoms with Crippen LogP contribution in [-0.2, 0) is 25.6 Å². The number of fused-ring (bicyclic) bond motifs is 1. The van der Waals surface area contributed by atoms with E-state index in [1.165, 1.54) is 0 Å². The number of rotatable bonds is 18. The number of nitrogens with one attached hydrogen (secondary N) is 2. The van der Waals surface area contributed by atoms with E-state index in [1.807, 2.05) is 116 Å². The molecule has 2 aliphatic heterocycles. The van der Waals surface area contributed by atoms with Crippen LogP contribution in [0, 0.1) is 11.8 Å². The van der Waals surface area contributed by atoms with Crippen LogP contribution in [0.4, 0.5) is 5.69 Å². The Morgan fingerprint density at radius 1 is 0.667 bits per heavy atom. The van der Waals surface area contributed by atoms with E-state index in [9.17, 15) is 19.2 Å². The predicted octanol–water partition coefficient (Wildman–Crippen LogP) is 9.31. The number of hydrogen-bond donors (Lipinski definition) is 2. The topological polar surface area (TPSA) is 109 Å². The molecule has 7 rings (SSSR count). The maximum Gasteiger partial charge on any atom is 0.247 e. The summed E-state index contributed by atoms with van der Waals surface area (Å²) in [4.78, 5) is 67.7. The predicted molar refractivity (Wildman–Crippen MR) is 253 cm³/mol. The first-order valence-corrected chi connectivity index (χ1v) is 23.0. The third-order valence-electron chi connectivity index (χ3n) is 13.0. The van der Waals surface area contributed by atoms with Gasteiger partial charge in [0.05, 0.1) is 6.04 Å². The summed E-state index contributed by atoms with van der Waals surface area (Å²) in [6.45, 7) is 11.5. The molecule has 0 aliphatic carbocycles. The highest BCUT2D eigenvalue weighted by Crippen LogP contribution is 2.32. The first-order chi connectivity index (χ1) is 30.4. The number of ketones is 1. The van der Waals surface area contributed by atoms with Crippen LogP contribution in [0.5, 0.6) is 0 Å². The van der Waals surface area contributed by atoms with Crippen molar-refractivity contribution in [3.05, 3.63) is 126 Å². The van der Waals surface area contributed by atoms with Crippen molar-refractivity contribution >= 4 is 40.1 Å². The van der Waals surface area contributed by atoms with Gasteiger partial charge in [-0.2, -0.15) is 0 Å². The molecule has 0 saturated carbocycles. The summed E-state index contributed by atoms with van der Waals surface area (Å²) in [5.41, 5.74) is 6.33. The molecule has 10 nitrogen and oxygen atoms in total. The van der Waals surface area contributed by atoms with Crippen molar-refractivity contribution in [2.45, 2.75) is 96.8 Å². The second-order valence-electron chi connectivity index (χ2n) is 18.6. The first kappa shape index (κ1) is 45.4. The van der Waals surface area contributed by atoms with Gasteiger partial charge in [-0.3, -0.25) is 29.0 Å². The number of benzene rings is 4. The lowest BCUT2D eigenvalue weighted by Gasteiger charge is -2.33. The van der Waals surface area contributed by atoms with Gasteiger partial charge in [0.2, 0.25) is 17.7 Å². The van der Waals surface area contributed by atoms with E-state index >= 15 is 0 Å². The van der Waals surface area contributed by atoms with E-state index < -0.39 is 24.2 Å². The van der Waals surface area contributed by atoms with Crippen LogP contribution < -0.4 is 5.32 Å². The van der Waals surface area contributed by atoms with E-state index in [4.69, 9.17) is 0 Å². The number of anilines is 1. The molecular weight excluding hydrogens is 785 g/mol. The average molecular weight is 851 g/mol. The molecule has 4 aromatic carbocycles. The number of aromatic amines is 1. The number of Topliss-reactive ketones (excluding diaryl/α,β-unsaturated/α-hetero) is 1. The smallest absolute Gasteiger partial charge is 0.247 e. The lowest BCUT2D eigenvalue weighted by atomic mass is 9.99. The molecule has 2 fully saturated rings. The zero-order valence-electron chi connectivity index (χ0n) is 38.1. The fourth-order valence-electron chi connectivity index (χ4n) is 9.33. The second-order valence-corrected chi connectivity index (χ2v) is 18.6. The summed E-state index contributed by atoms with van der Waals surface area (Å²) < 4.78 is 0. The van der Waals surface area contributed by atoms with Gasteiger partial charge in [0.25, 0.3) is 0 Å². The van der Waals surface area contributed by atoms with E-state index in [1.54, 1.807) is 4.90 Å². The normalized spacial score (nSPS) is 17.6. The highest BCUT2D eigenvalue weighted by molar-refractivity contribution is 5.99. The molecule has 0 radical (unpaired) electrons. The molecule has 10 heteroatoms. The van der Waals surface area contributed by atoms with Crippen molar-refractivity contribution < 1.29 is 19.2 Å². The minimum Gasteiger partial charge on any atom is -0.355 e. The fourth-order valence-corrected chi connectivity index (χ4v) is 9.33. The number of hydrogen-bond acceptors (Lipinski definition) is 6. The number of likely N-dealkylation sites (tertiary alicyclic amines) is 2. The standard InChI is InChI=1S/C53H66N6O4/c1-36(2)27-31-56(5)49(40-15-9-7-10-16-40)52(62)58-29-13-19-46(58)48(60)34-38-21-26-44-42(33-38)35-45(55-44)39-22-24-43(25-23-39)54-51(61)47-20-14-30-59(47)53(63)50(41-17-11-8-12-18-41)57(6)32-28-37(3)4/h7-12,15-18,21-26,33,35-37,46-47,49-50,55H,13-14,19-20,27-32,34H2,1-6H3,(H,54,61)/t46-,47-,49+,50+/m0/s1. The van der Waals surface area contributed by atoms with Crippen molar-refractivity contribution in [3.8, 4) is 11.3 Å². The van der Waals surface area contributed by atoms with Gasteiger partial charge < -0.3 is 20.1 Å². The Bertz CT molecular complexity index is 2320. The maximum atomic E-state index is 14.3. The number of likely N-dealkylation sites (N-methyl/N-ethyl adjacent to an activating group) is 2. The molecular formula is C53H66N6O4. The van der Waals surface area contributed by atoms with Gasteiger partial charge in [-0.15, -0.1) is 0 Å². The van der Waals surface area contributed by atoms with Gasteiger partial charge in [-0.1, -0.05) is 107 Å². The number of nitrogens with zero attached hydrogens (tertiary/aromatic N) is 4. The van der Waals surface area contributed by atoms with Gasteiger partial charge >= 0.3 is 0 Å². The average Bonchev–Trinajstić information content (AvgIpc) is 4.07. The summed E-state index contributed by atoms with van der Waals surface area (Å²) in [6.07, 6.45) is 5.11. The minimum atomic E-state index is -0.540. The fraction of sp³-hybridized carbons (Fsp3) is 0.434. The number of carbonyl (C=O) groups is 4. The molecule has 0 unspecified atom stereocenters. The highest BCUT2D eigenvalue weighted by Gasteiger charge is 2.40. The Labute approximate surface area is 374 Å². The summed E-state index contributed by atoms with van der Waals surface area (Å²) in [7, 11) is 4.02. The van der Waals surface area contributed by atoms with Crippen LogP contribution in [0.3, 0.4) is 0 Å². The molecule has 2 N–H and O–H groups in total. The second kappa shape index (κ2) is 20.7. The maximum absolute atomic E-state index is 14.3. The Morgan fingerprint density at radius 2 is 1.19 bits per heavy atom. The highest BCUT2D eigenvalue weighted by atomic mass is 16.2. The number of aromatic nitrogens is 1. The van der Waals surface area contributed by atoms with Crippen molar-refractivity contribution in [1.29, 1.82) is 0 Å². The number of amides is 3. The van der Waals surface area contributed by atoms with Crippen molar-refractivity contribution in [2.24, 2.45) is 11.8 Å². The first-order valence-electron chi connectivity index (χ1n) is 23.0. The summed E-state index contributed by atoms with van der Waals surface area (Å²) >= 11 is 0. The lowest BCUT2D eigenvalue weighted by molar-refractivity contribution is -0.142. The largest absolute Gasteiger partial charge is 0.355 e. The van der Waals surface area contributed by atoms with Crippen LogP contribution in [0.25, 0.3) is 22.2 Å². The summed E-state index contributed by atoms with van der Waals surface area (Å²) in [5.74, 6) is 0.905. The molecule has 3 amide bonds. The minimum absolute atomic E-state index is 0.00291. The Hall–Kier alpha value is -5.58. The zero-order chi connectivity index (χ0) is 44.6. The molecule has 332 valence electrons. The van der Waals surface area contributed by atoms with E-state index in [-0.39, 0.29) is 29.9 Å². The van der Waals surface area contributed by atoms with Crippen molar-refractivity contribution in [3.63, 3.8) is 0 Å². The summed E-state index contributed by atoms with van der Waals surface area (Å²) in [6, 6.07) is 33.9. The Kier molecular flexibility index (Phi) is 15.0. The van der Waals surface area contributed by atoms with Crippen LogP contribution in [-0.4, -0.2) is 100 Å². The molecule has 1 aromatic heterocycles. The number of carbonyl (C=O) groups excluding carboxylic acids is 4. The van der Waals surface area contributed by atoms with Gasteiger partial charge in [0.15, 0.2) is 5.78 Å². The lowest BCUT2D eigenvalue weighted by Crippen LogP contribution is -2.48. The van der Waals surface area contributed by atoms with Crippen molar-refractivity contribution in [2.75, 3.05) is 45.6 Å². The number of H-pyrrole nitrogens is 1. The third-order valence-corrected chi connectivity index (χ3v) is 13.0. The molecule has 2 saturated heterocycles. The van der Waals surface area contributed by atoms with Gasteiger partial charge in [0.1, 0.15) is 18.1 Å². The Balaban J connectivity index is 0.990.